The summed E-state index contributed by atoms with van der Waals surface area (Å²) in [6.45, 7) is 9.99. The summed E-state index contributed by atoms with van der Waals surface area (Å²) in [7, 11) is 1.63. The lowest BCUT2D eigenvalue weighted by molar-refractivity contribution is -0.116. The zero-order valence-corrected chi connectivity index (χ0v) is 15.8. The molecule has 134 valence electrons. The molecule has 0 unspecified atom stereocenters. The molecule has 0 radical (unpaired) electrons. The molecule has 2 amide bonds. The molecule has 2 aromatic heterocycles. The van der Waals surface area contributed by atoms with Gasteiger partial charge in [0.25, 0.3) is 5.91 Å². The van der Waals surface area contributed by atoms with E-state index in [0.29, 0.717) is 11.4 Å². The van der Waals surface area contributed by atoms with Crippen LogP contribution in [0.2, 0.25) is 0 Å². The van der Waals surface area contributed by atoms with Gasteiger partial charge in [0.2, 0.25) is 5.91 Å². The number of carbonyl (C=O) groups is 2. The predicted molar refractivity (Wildman–Crippen MR) is 98.9 cm³/mol. The summed E-state index contributed by atoms with van der Waals surface area (Å²) in [4.78, 5) is 30.4. The molecule has 2 heterocycles. The van der Waals surface area contributed by atoms with Gasteiger partial charge in [-0.05, 0) is 58.4 Å². The number of hydrogen-bond donors (Lipinski definition) is 1. The molecule has 0 saturated carbocycles. The molecule has 6 nitrogen and oxygen atoms in total. The number of amides is 2. The van der Waals surface area contributed by atoms with Gasteiger partial charge in [-0.25, -0.2) is 4.98 Å². The largest absolute Gasteiger partial charge is 0.346 e. The van der Waals surface area contributed by atoms with Crippen LogP contribution < -0.4 is 5.32 Å². The van der Waals surface area contributed by atoms with Gasteiger partial charge in [0, 0.05) is 30.7 Å². The first-order valence-corrected chi connectivity index (χ1v) is 8.37. The average Bonchev–Trinajstić information content (AvgIpc) is 2.81. The van der Waals surface area contributed by atoms with Gasteiger partial charge in [-0.1, -0.05) is 0 Å². The van der Waals surface area contributed by atoms with E-state index in [1.54, 1.807) is 19.3 Å². The number of anilines is 1. The van der Waals surface area contributed by atoms with E-state index in [4.69, 9.17) is 0 Å². The van der Waals surface area contributed by atoms with Crippen molar-refractivity contribution in [1.29, 1.82) is 0 Å². The first-order valence-electron chi connectivity index (χ1n) is 8.37. The van der Waals surface area contributed by atoms with Crippen LogP contribution in [0.4, 0.5) is 5.82 Å². The van der Waals surface area contributed by atoms with E-state index in [1.807, 2.05) is 32.9 Å². The summed E-state index contributed by atoms with van der Waals surface area (Å²) < 4.78 is 2.12. The monoisotopic (exact) mass is 342 g/mol. The Hall–Kier alpha value is -2.63. The third-order valence-electron chi connectivity index (χ3n) is 4.14. The van der Waals surface area contributed by atoms with E-state index in [1.165, 1.54) is 4.90 Å². The third kappa shape index (κ3) is 4.26. The van der Waals surface area contributed by atoms with Crippen LogP contribution >= 0.6 is 0 Å². The predicted octanol–water partition coefficient (Wildman–Crippen LogP) is 3.10. The Morgan fingerprint density at radius 1 is 1.24 bits per heavy atom. The number of aromatic nitrogens is 2. The molecule has 0 spiro atoms. The zero-order valence-electron chi connectivity index (χ0n) is 15.8. The van der Waals surface area contributed by atoms with Crippen molar-refractivity contribution in [2.75, 3.05) is 18.9 Å². The maximum Gasteiger partial charge on any atom is 0.255 e. The van der Waals surface area contributed by atoms with Crippen molar-refractivity contribution in [2.45, 2.75) is 40.7 Å². The fraction of sp³-hybridized carbons (Fsp3) is 0.421. The van der Waals surface area contributed by atoms with E-state index in [2.05, 4.69) is 28.7 Å². The van der Waals surface area contributed by atoms with Crippen LogP contribution in [0.5, 0.6) is 0 Å². The Kier molecular flexibility index (Phi) is 5.62. The van der Waals surface area contributed by atoms with Crippen molar-refractivity contribution in [1.82, 2.24) is 14.5 Å². The highest BCUT2D eigenvalue weighted by molar-refractivity contribution is 5.99. The quantitative estimate of drug-likeness (QED) is 0.908. The van der Waals surface area contributed by atoms with Crippen LogP contribution in [0.1, 0.15) is 47.2 Å². The van der Waals surface area contributed by atoms with Crippen molar-refractivity contribution in [3.63, 3.8) is 0 Å². The number of pyridine rings is 1. The van der Waals surface area contributed by atoms with Gasteiger partial charge >= 0.3 is 0 Å². The number of hydrogen-bond acceptors (Lipinski definition) is 3. The first kappa shape index (κ1) is 18.7. The second-order valence-electron chi connectivity index (χ2n) is 6.68. The smallest absolute Gasteiger partial charge is 0.255 e. The Morgan fingerprint density at radius 3 is 2.48 bits per heavy atom. The van der Waals surface area contributed by atoms with Gasteiger partial charge in [0.1, 0.15) is 5.82 Å². The fourth-order valence-electron chi connectivity index (χ4n) is 3.07. The summed E-state index contributed by atoms with van der Waals surface area (Å²) in [5.74, 6) is 0.0582. The number of carbonyl (C=O) groups excluding carboxylic acids is 2. The number of nitrogens with zero attached hydrogens (tertiary/aromatic N) is 3. The van der Waals surface area contributed by atoms with Gasteiger partial charge in [-0.15, -0.1) is 0 Å². The topological polar surface area (TPSA) is 67.2 Å². The minimum atomic E-state index is -0.272. The van der Waals surface area contributed by atoms with Gasteiger partial charge in [-0.2, -0.15) is 0 Å². The van der Waals surface area contributed by atoms with Crippen LogP contribution in [0.3, 0.4) is 0 Å². The van der Waals surface area contributed by atoms with Crippen LogP contribution in [-0.2, 0) is 4.79 Å². The van der Waals surface area contributed by atoms with E-state index in [-0.39, 0.29) is 24.4 Å². The molecule has 1 N–H and O–H groups in total. The molecular weight excluding hydrogens is 316 g/mol. The maximum absolute atomic E-state index is 12.7. The molecule has 0 saturated heterocycles. The van der Waals surface area contributed by atoms with Crippen LogP contribution in [-0.4, -0.2) is 39.9 Å². The van der Waals surface area contributed by atoms with Gasteiger partial charge < -0.3 is 14.8 Å². The molecule has 0 aromatic carbocycles. The molecule has 0 atom stereocenters. The lowest BCUT2D eigenvalue weighted by Gasteiger charge is -2.18. The van der Waals surface area contributed by atoms with Crippen molar-refractivity contribution in [3.05, 3.63) is 46.9 Å². The average molecular weight is 342 g/mol. The highest BCUT2D eigenvalue weighted by Gasteiger charge is 2.21. The SMILES string of the molecule is Cc1ccnc(NC(=O)CN(C)C(=O)c2cc(C)n(C(C)C)c2C)c1. The van der Waals surface area contributed by atoms with E-state index in [9.17, 15) is 9.59 Å². The minimum absolute atomic E-state index is 0.0280. The summed E-state index contributed by atoms with van der Waals surface area (Å²) in [6, 6.07) is 5.81. The Morgan fingerprint density at radius 2 is 1.92 bits per heavy atom. The van der Waals surface area contributed by atoms with E-state index < -0.39 is 0 Å². The highest BCUT2D eigenvalue weighted by Crippen LogP contribution is 2.21. The molecule has 6 heteroatoms. The third-order valence-corrected chi connectivity index (χ3v) is 4.14. The highest BCUT2D eigenvalue weighted by atomic mass is 16.2. The summed E-state index contributed by atoms with van der Waals surface area (Å²) in [6.07, 6.45) is 1.64. The lowest BCUT2D eigenvalue weighted by Crippen LogP contribution is -2.35. The molecule has 0 aliphatic rings. The van der Waals surface area contributed by atoms with Gasteiger partial charge in [0.05, 0.1) is 12.1 Å². The molecule has 25 heavy (non-hydrogen) atoms. The summed E-state index contributed by atoms with van der Waals surface area (Å²) in [5.41, 5.74) is 3.61. The molecule has 0 aliphatic heterocycles. The zero-order chi connectivity index (χ0) is 18.7. The molecule has 2 aromatic rings. The van der Waals surface area contributed by atoms with E-state index >= 15 is 0 Å². The number of nitrogens with one attached hydrogen (secondary N) is 1. The maximum atomic E-state index is 12.7. The van der Waals surface area contributed by atoms with Gasteiger partial charge in [-0.3, -0.25) is 9.59 Å². The molecule has 0 bridgehead atoms. The second kappa shape index (κ2) is 7.51. The first-order chi connectivity index (χ1) is 11.7. The Bertz CT molecular complexity index is 793. The van der Waals surface area contributed by atoms with Crippen molar-refractivity contribution < 1.29 is 9.59 Å². The number of aryl methyl sites for hydroxylation is 2. The molecule has 0 fully saturated rings. The molecule has 0 aliphatic carbocycles. The number of likely N-dealkylation sites (N-methyl/N-ethyl adjacent to an activating group) is 1. The van der Waals surface area contributed by atoms with Crippen molar-refractivity contribution >= 4 is 17.6 Å². The van der Waals surface area contributed by atoms with Gasteiger partial charge in [0.15, 0.2) is 0 Å². The van der Waals surface area contributed by atoms with Crippen LogP contribution in [0.15, 0.2) is 24.4 Å². The van der Waals surface area contributed by atoms with Crippen LogP contribution in [0, 0.1) is 20.8 Å². The lowest BCUT2D eigenvalue weighted by atomic mass is 10.2. The minimum Gasteiger partial charge on any atom is -0.346 e. The molecular formula is C19H26N4O2. The second-order valence-corrected chi connectivity index (χ2v) is 6.68. The number of rotatable bonds is 5. The van der Waals surface area contributed by atoms with Crippen LogP contribution in [0.25, 0.3) is 0 Å². The Balaban J connectivity index is 2.08. The van der Waals surface area contributed by atoms with Crippen molar-refractivity contribution in [2.24, 2.45) is 0 Å². The normalized spacial score (nSPS) is 10.8. The summed E-state index contributed by atoms with van der Waals surface area (Å²) in [5, 5.41) is 2.72. The Labute approximate surface area is 148 Å². The standard InChI is InChI=1S/C19H26N4O2/c1-12(2)23-14(4)10-16(15(23)5)19(25)22(6)11-18(24)21-17-9-13(3)7-8-20-17/h7-10,12H,11H2,1-6H3,(H,20,21,24). The molecule has 2 rings (SSSR count). The van der Waals surface area contributed by atoms with Crippen molar-refractivity contribution in [3.8, 4) is 0 Å². The summed E-state index contributed by atoms with van der Waals surface area (Å²) >= 11 is 0. The fourth-order valence-corrected chi connectivity index (χ4v) is 3.07. The van der Waals surface area contributed by atoms with E-state index in [0.717, 1.165) is 17.0 Å².